The number of hydrogen-bond donors (Lipinski definition) is 3. The number of hydrogen-bond acceptors (Lipinski definition) is 3. The van der Waals surface area contributed by atoms with Gasteiger partial charge in [-0.1, -0.05) is 37.3 Å². The molecule has 0 aliphatic heterocycles. The van der Waals surface area contributed by atoms with Gasteiger partial charge in [-0.2, -0.15) is 0 Å². The molecule has 3 N–H and O–H groups in total. The standard InChI is InChI=1S/C15H24N2O2/c1-3-16-12(2)9-15(19)17-14(11-18)10-13-7-5-4-6-8-13/h4-8,12,14,16,18H,3,9-11H2,1-2H3,(H,17,19)/t12?,14-/m0/s1. The molecule has 1 aromatic rings. The van der Waals surface area contributed by atoms with Gasteiger partial charge in [0, 0.05) is 12.5 Å². The number of aliphatic hydroxyl groups excluding tert-OH is 1. The summed E-state index contributed by atoms with van der Waals surface area (Å²) in [4.78, 5) is 11.8. The zero-order valence-electron chi connectivity index (χ0n) is 11.7. The maximum atomic E-state index is 11.8. The molecule has 4 nitrogen and oxygen atoms in total. The maximum Gasteiger partial charge on any atom is 0.221 e. The van der Waals surface area contributed by atoms with Gasteiger partial charge in [0.2, 0.25) is 5.91 Å². The first kappa shape index (κ1) is 15.7. The zero-order chi connectivity index (χ0) is 14.1. The van der Waals surface area contributed by atoms with Crippen LogP contribution in [0, 0.1) is 0 Å². The highest BCUT2D eigenvalue weighted by Crippen LogP contribution is 2.03. The number of carbonyl (C=O) groups is 1. The summed E-state index contributed by atoms with van der Waals surface area (Å²) in [6.07, 6.45) is 1.08. The van der Waals surface area contributed by atoms with Crippen molar-refractivity contribution in [2.75, 3.05) is 13.2 Å². The number of nitrogens with one attached hydrogen (secondary N) is 2. The average molecular weight is 264 g/mol. The summed E-state index contributed by atoms with van der Waals surface area (Å²) in [5.74, 6) is -0.0246. The summed E-state index contributed by atoms with van der Waals surface area (Å²) >= 11 is 0. The highest BCUT2D eigenvalue weighted by atomic mass is 16.3. The van der Waals surface area contributed by atoms with E-state index in [4.69, 9.17) is 0 Å². The summed E-state index contributed by atoms with van der Waals surface area (Å²) in [6, 6.07) is 9.79. The molecule has 1 amide bonds. The van der Waals surface area contributed by atoms with Gasteiger partial charge in [0.25, 0.3) is 0 Å². The molecule has 1 aromatic carbocycles. The van der Waals surface area contributed by atoms with Crippen molar-refractivity contribution in [3.8, 4) is 0 Å². The second-order valence-electron chi connectivity index (χ2n) is 4.80. The Labute approximate surface area is 115 Å². The van der Waals surface area contributed by atoms with E-state index in [9.17, 15) is 9.90 Å². The highest BCUT2D eigenvalue weighted by molar-refractivity contribution is 5.76. The molecule has 4 heteroatoms. The molecule has 1 unspecified atom stereocenters. The molecular formula is C15H24N2O2. The Morgan fingerprint density at radius 2 is 2.00 bits per heavy atom. The normalized spacial score (nSPS) is 13.8. The SMILES string of the molecule is CCNC(C)CC(=O)N[C@H](CO)Cc1ccccc1. The van der Waals surface area contributed by atoms with Crippen molar-refractivity contribution in [2.45, 2.75) is 38.8 Å². The Morgan fingerprint density at radius 3 is 2.58 bits per heavy atom. The number of carbonyl (C=O) groups excluding carboxylic acids is 1. The predicted molar refractivity (Wildman–Crippen MR) is 76.9 cm³/mol. The molecular weight excluding hydrogens is 240 g/mol. The second-order valence-corrected chi connectivity index (χ2v) is 4.80. The fraction of sp³-hybridized carbons (Fsp3) is 0.533. The minimum absolute atomic E-state index is 0.0246. The van der Waals surface area contributed by atoms with Crippen LogP contribution in [0.4, 0.5) is 0 Å². The summed E-state index contributed by atoms with van der Waals surface area (Å²) in [6.45, 7) is 4.80. The van der Waals surface area contributed by atoms with Gasteiger partial charge >= 0.3 is 0 Å². The van der Waals surface area contributed by atoms with Gasteiger partial charge in [-0.3, -0.25) is 4.79 Å². The molecule has 0 spiro atoms. The molecule has 0 aliphatic carbocycles. The molecule has 19 heavy (non-hydrogen) atoms. The molecule has 106 valence electrons. The van der Waals surface area contributed by atoms with E-state index in [1.807, 2.05) is 44.2 Å². The van der Waals surface area contributed by atoms with Crippen LogP contribution >= 0.6 is 0 Å². The molecule has 0 saturated heterocycles. The summed E-state index contributed by atoms with van der Waals surface area (Å²) in [7, 11) is 0. The van der Waals surface area contributed by atoms with Crippen molar-refractivity contribution in [1.82, 2.24) is 10.6 Å². The first-order valence-corrected chi connectivity index (χ1v) is 6.83. The number of benzene rings is 1. The van der Waals surface area contributed by atoms with Crippen molar-refractivity contribution < 1.29 is 9.90 Å². The highest BCUT2D eigenvalue weighted by Gasteiger charge is 2.14. The molecule has 0 bridgehead atoms. The third kappa shape index (κ3) is 6.36. The first-order chi connectivity index (χ1) is 9.15. The number of aliphatic hydroxyl groups is 1. The van der Waals surface area contributed by atoms with E-state index in [1.165, 1.54) is 0 Å². The lowest BCUT2D eigenvalue weighted by Crippen LogP contribution is -2.41. The van der Waals surface area contributed by atoms with E-state index in [-0.39, 0.29) is 24.6 Å². The van der Waals surface area contributed by atoms with Crippen molar-refractivity contribution in [1.29, 1.82) is 0 Å². The summed E-state index contributed by atoms with van der Waals surface area (Å²) < 4.78 is 0. The minimum Gasteiger partial charge on any atom is -0.394 e. The van der Waals surface area contributed by atoms with Crippen LogP contribution in [0.5, 0.6) is 0 Å². The Bertz CT molecular complexity index is 368. The van der Waals surface area contributed by atoms with Crippen LogP contribution in [-0.2, 0) is 11.2 Å². The number of rotatable bonds is 8. The van der Waals surface area contributed by atoms with E-state index in [0.717, 1.165) is 12.1 Å². The fourth-order valence-corrected chi connectivity index (χ4v) is 2.05. The van der Waals surface area contributed by atoms with Gasteiger partial charge < -0.3 is 15.7 Å². The fourth-order valence-electron chi connectivity index (χ4n) is 2.05. The zero-order valence-corrected chi connectivity index (χ0v) is 11.7. The first-order valence-electron chi connectivity index (χ1n) is 6.83. The third-order valence-electron chi connectivity index (χ3n) is 2.95. The Kier molecular flexibility index (Phi) is 7.15. The lowest BCUT2D eigenvalue weighted by molar-refractivity contribution is -0.122. The molecule has 2 atom stereocenters. The third-order valence-corrected chi connectivity index (χ3v) is 2.95. The predicted octanol–water partition coefficient (Wildman–Crippen LogP) is 1.09. The largest absolute Gasteiger partial charge is 0.394 e. The van der Waals surface area contributed by atoms with Gasteiger partial charge in [0.1, 0.15) is 0 Å². The van der Waals surface area contributed by atoms with E-state index in [2.05, 4.69) is 10.6 Å². The van der Waals surface area contributed by atoms with Crippen LogP contribution in [0.1, 0.15) is 25.8 Å². The number of amides is 1. The van der Waals surface area contributed by atoms with E-state index < -0.39 is 0 Å². The molecule has 0 aromatic heterocycles. The van der Waals surface area contributed by atoms with Gasteiger partial charge in [0.15, 0.2) is 0 Å². The lowest BCUT2D eigenvalue weighted by atomic mass is 10.1. The van der Waals surface area contributed by atoms with Crippen LogP contribution in [-0.4, -0.2) is 36.2 Å². The molecule has 0 saturated carbocycles. The quantitative estimate of drug-likeness (QED) is 0.659. The van der Waals surface area contributed by atoms with Crippen molar-refractivity contribution in [2.24, 2.45) is 0 Å². The monoisotopic (exact) mass is 264 g/mol. The van der Waals surface area contributed by atoms with Crippen LogP contribution in [0.25, 0.3) is 0 Å². The molecule has 0 radical (unpaired) electrons. The van der Waals surface area contributed by atoms with Gasteiger partial charge in [-0.25, -0.2) is 0 Å². The Hall–Kier alpha value is -1.39. The van der Waals surface area contributed by atoms with Gasteiger partial charge in [-0.05, 0) is 25.5 Å². The minimum atomic E-state index is -0.219. The van der Waals surface area contributed by atoms with Crippen LogP contribution in [0.3, 0.4) is 0 Å². The topological polar surface area (TPSA) is 61.4 Å². The van der Waals surface area contributed by atoms with Crippen molar-refractivity contribution in [3.63, 3.8) is 0 Å². The van der Waals surface area contributed by atoms with Gasteiger partial charge in [-0.15, -0.1) is 0 Å². The summed E-state index contributed by atoms with van der Waals surface area (Å²) in [5, 5.41) is 15.4. The molecule has 0 heterocycles. The Balaban J connectivity index is 2.41. The molecule has 0 aliphatic rings. The van der Waals surface area contributed by atoms with E-state index in [1.54, 1.807) is 0 Å². The van der Waals surface area contributed by atoms with Crippen LogP contribution < -0.4 is 10.6 Å². The lowest BCUT2D eigenvalue weighted by Gasteiger charge is -2.18. The summed E-state index contributed by atoms with van der Waals surface area (Å²) in [5.41, 5.74) is 1.11. The van der Waals surface area contributed by atoms with E-state index >= 15 is 0 Å². The molecule has 0 fully saturated rings. The van der Waals surface area contributed by atoms with Crippen LogP contribution in [0.15, 0.2) is 30.3 Å². The maximum absolute atomic E-state index is 11.8. The van der Waals surface area contributed by atoms with Gasteiger partial charge in [0.05, 0.1) is 12.6 Å². The Morgan fingerprint density at radius 1 is 1.32 bits per heavy atom. The average Bonchev–Trinajstić information content (AvgIpc) is 2.39. The van der Waals surface area contributed by atoms with Crippen LogP contribution in [0.2, 0.25) is 0 Å². The molecule has 1 rings (SSSR count). The van der Waals surface area contributed by atoms with Crippen molar-refractivity contribution >= 4 is 5.91 Å². The van der Waals surface area contributed by atoms with E-state index in [0.29, 0.717) is 12.8 Å². The second kappa shape index (κ2) is 8.67. The van der Waals surface area contributed by atoms with Crippen molar-refractivity contribution in [3.05, 3.63) is 35.9 Å². The smallest absolute Gasteiger partial charge is 0.221 e.